The fraction of sp³-hybridized carbons (Fsp3) is 0.643. The SMILES string of the molecule is CC=CC[C@H]1CC[C@H]([C@H]2CC[C@H](c3ccc(COCC=CCC)cc3)CC2)CC1. The Kier molecular flexibility index (Phi) is 9.54. The van der Waals surface area contributed by atoms with Crippen LogP contribution in [0.4, 0.5) is 0 Å². The van der Waals surface area contributed by atoms with E-state index in [1.807, 2.05) is 0 Å². The molecule has 0 spiro atoms. The topological polar surface area (TPSA) is 9.23 Å². The molecule has 2 aliphatic carbocycles. The van der Waals surface area contributed by atoms with E-state index in [4.69, 9.17) is 4.74 Å². The summed E-state index contributed by atoms with van der Waals surface area (Å²) in [6.07, 6.45) is 22.8. The molecule has 2 fully saturated rings. The quantitative estimate of drug-likeness (QED) is 0.303. The van der Waals surface area contributed by atoms with Crippen LogP contribution < -0.4 is 0 Å². The van der Waals surface area contributed by atoms with E-state index >= 15 is 0 Å². The number of rotatable bonds is 9. The molecule has 0 heterocycles. The molecule has 2 saturated carbocycles. The molecule has 0 saturated heterocycles. The van der Waals surface area contributed by atoms with E-state index in [1.165, 1.54) is 63.4 Å². The molecular weight excluding hydrogens is 352 g/mol. The molecule has 1 aromatic carbocycles. The molecular formula is C28H42O. The molecule has 0 amide bonds. The van der Waals surface area contributed by atoms with E-state index in [2.05, 4.69) is 62.4 Å². The zero-order valence-electron chi connectivity index (χ0n) is 18.8. The predicted octanol–water partition coefficient (Wildman–Crippen LogP) is 8.22. The third-order valence-corrected chi connectivity index (χ3v) is 7.37. The van der Waals surface area contributed by atoms with Gasteiger partial charge in [0, 0.05) is 0 Å². The summed E-state index contributed by atoms with van der Waals surface area (Å²) in [4.78, 5) is 0. The number of benzene rings is 1. The first-order chi connectivity index (χ1) is 14.3. The van der Waals surface area contributed by atoms with Crippen LogP contribution in [0.2, 0.25) is 0 Å². The van der Waals surface area contributed by atoms with Gasteiger partial charge in [0.05, 0.1) is 13.2 Å². The Morgan fingerprint density at radius 3 is 2.10 bits per heavy atom. The smallest absolute Gasteiger partial charge is 0.0721 e. The normalized spacial score (nSPS) is 28.3. The average Bonchev–Trinajstić information content (AvgIpc) is 2.78. The Hall–Kier alpha value is -1.34. The highest BCUT2D eigenvalue weighted by Crippen LogP contribution is 2.44. The first-order valence-corrected chi connectivity index (χ1v) is 12.2. The van der Waals surface area contributed by atoms with Gasteiger partial charge in [0.1, 0.15) is 0 Å². The zero-order valence-corrected chi connectivity index (χ0v) is 18.8. The highest BCUT2D eigenvalue weighted by atomic mass is 16.5. The van der Waals surface area contributed by atoms with E-state index in [0.717, 1.165) is 43.3 Å². The molecule has 1 nitrogen and oxygen atoms in total. The van der Waals surface area contributed by atoms with Crippen molar-refractivity contribution >= 4 is 0 Å². The molecule has 2 aliphatic rings. The number of allylic oxidation sites excluding steroid dienone is 3. The minimum Gasteiger partial charge on any atom is -0.373 e. The highest BCUT2D eigenvalue weighted by Gasteiger charge is 2.30. The molecule has 0 aliphatic heterocycles. The van der Waals surface area contributed by atoms with Crippen LogP contribution >= 0.6 is 0 Å². The van der Waals surface area contributed by atoms with E-state index in [0.29, 0.717) is 0 Å². The van der Waals surface area contributed by atoms with Crippen LogP contribution in [-0.4, -0.2) is 6.61 Å². The zero-order chi connectivity index (χ0) is 20.3. The Labute approximate surface area is 179 Å². The van der Waals surface area contributed by atoms with Crippen LogP contribution in [0.25, 0.3) is 0 Å². The van der Waals surface area contributed by atoms with Crippen LogP contribution in [0, 0.1) is 17.8 Å². The molecule has 160 valence electrons. The molecule has 1 heteroatoms. The van der Waals surface area contributed by atoms with Crippen LogP contribution in [0.15, 0.2) is 48.6 Å². The Morgan fingerprint density at radius 1 is 0.828 bits per heavy atom. The van der Waals surface area contributed by atoms with Gasteiger partial charge >= 0.3 is 0 Å². The van der Waals surface area contributed by atoms with Crippen molar-refractivity contribution in [2.45, 2.75) is 90.6 Å². The third-order valence-electron chi connectivity index (χ3n) is 7.37. The third kappa shape index (κ3) is 7.14. The predicted molar refractivity (Wildman–Crippen MR) is 125 cm³/mol. The Bertz CT molecular complexity index is 610. The van der Waals surface area contributed by atoms with Gasteiger partial charge < -0.3 is 4.74 Å². The van der Waals surface area contributed by atoms with Gasteiger partial charge in [-0.15, -0.1) is 0 Å². The molecule has 0 bridgehead atoms. The fourth-order valence-electron chi connectivity index (χ4n) is 5.51. The molecule has 0 atom stereocenters. The Morgan fingerprint density at radius 2 is 1.48 bits per heavy atom. The molecule has 0 unspecified atom stereocenters. The van der Waals surface area contributed by atoms with Gasteiger partial charge in [0.25, 0.3) is 0 Å². The highest BCUT2D eigenvalue weighted by molar-refractivity contribution is 5.25. The first kappa shape index (κ1) is 22.3. The average molecular weight is 395 g/mol. The number of hydrogen-bond donors (Lipinski definition) is 0. The van der Waals surface area contributed by atoms with E-state index < -0.39 is 0 Å². The summed E-state index contributed by atoms with van der Waals surface area (Å²) in [6, 6.07) is 9.27. The van der Waals surface area contributed by atoms with Crippen molar-refractivity contribution in [2.75, 3.05) is 6.61 Å². The summed E-state index contributed by atoms with van der Waals surface area (Å²) in [5, 5.41) is 0. The first-order valence-electron chi connectivity index (χ1n) is 12.2. The second kappa shape index (κ2) is 12.4. The molecule has 1 aromatic rings. The summed E-state index contributed by atoms with van der Waals surface area (Å²) >= 11 is 0. The monoisotopic (exact) mass is 394 g/mol. The van der Waals surface area contributed by atoms with Crippen molar-refractivity contribution in [3.63, 3.8) is 0 Å². The van der Waals surface area contributed by atoms with Crippen molar-refractivity contribution < 1.29 is 4.74 Å². The summed E-state index contributed by atoms with van der Waals surface area (Å²) < 4.78 is 5.73. The second-order valence-electron chi connectivity index (χ2n) is 9.33. The maximum atomic E-state index is 5.73. The van der Waals surface area contributed by atoms with Crippen LogP contribution in [0.5, 0.6) is 0 Å². The number of ether oxygens (including phenoxy) is 1. The van der Waals surface area contributed by atoms with Crippen molar-refractivity contribution in [3.8, 4) is 0 Å². The minimum atomic E-state index is 0.719. The van der Waals surface area contributed by atoms with Crippen molar-refractivity contribution in [1.82, 2.24) is 0 Å². The number of hydrogen-bond acceptors (Lipinski definition) is 1. The fourth-order valence-corrected chi connectivity index (χ4v) is 5.51. The van der Waals surface area contributed by atoms with Gasteiger partial charge in [0.15, 0.2) is 0 Å². The lowest BCUT2D eigenvalue weighted by molar-refractivity contribution is 0.148. The maximum absolute atomic E-state index is 5.73. The Balaban J connectivity index is 1.38. The van der Waals surface area contributed by atoms with E-state index in [1.54, 1.807) is 5.56 Å². The van der Waals surface area contributed by atoms with Crippen molar-refractivity contribution in [3.05, 3.63) is 59.7 Å². The van der Waals surface area contributed by atoms with Gasteiger partial charge in [-0.1, -0.05) is 55.5 Å². The molecule has 0 N–H and O–H groups in total. The largest absolute Gasteiger partial charge is 0.373 e. The van der Waals surface area contributed by atoms with Gasteiger partial charge in [-0.2, -0.15) is 0 Å². The lowest BCUT2D eigenvalue weighted by Crippen LogP contribution is -2.25. The molecule has 0 radical (unpaired) electrons. The van der Waals surface area contributed by atoms with Gasteiger partial charge in [-0.25, -0.2) is 0 Å². The van der Waals surface area contributed by atoms with Crippen molar-refractivity contribution in [2.24, 2.45) is 17.8 Å². The summed E-state index contributed by atoms with van der Waals surface area (Å²) in [7, 11) is 0. The summed E-state index contributed by atoms with van der Waals surface area (Å²) in [5.74, 6) is 3.75. The lowest BCUT2D eigenvalue weighted by Gasteiger charge is -2.38. The van der Waals surface area contributed by atoms with Crippen LogP contribution in [-0.2, 0) is 11.3 Å². The summed E-state index contributed by atoms with van der Waals surface area (Å²) in [6.45, 7) is 5.74. The van der Waals surface area contributed by atoms with Crippen molar-refractivity contribution in [1.29, 1.82) is 0 Å². The maximum Gasteiger partial charge on any atom is 0.0721 e. The van der Waals surface area contributed by atoms with Crippen LogP contribution in [0.1, 0.15) is 95.1 Å². The van der Waals surface area contributed by atoms with Gasteiger partial charge in [-0.05, 0) is 106 Å². The minimum absolute atomic E-state index is 0.719. The standard InChI is InChI=1S/C28H42O/c1-3-5-7-21-29-22-24-11-15-26(16-12-24)28-19-17-27(18-20-28)25-13-9-23(10-14-25)8-6-4-2/h4-7,11-12,15-16,23,25,27-28H,3,8-10,13-14,17-22H2,1-2H3/t23-,25-,27-,28-. The van der Waals surface area contributed by atoms with Gasteiger partial charge in [0.2, 0.25) is 0 Å². The molecule has 3 rings (SSSR count). The van der Waals surface area contributed by atoms with E-state index in [9.17, 15) is 0 Å². The van der Waals surface area contributed by atoms with E-state index in [-0.39, 0.29) is 0 Å². The van der Waals surface area contributed by atoms with Gasteiger partial charge in [-0.3, -0.25) is 0 Å². The second-order valence-corrected chi connectivity index (χ2v) is 9.33. The lowest BCUT2D eigenvalue weighted by atomic mass is 9.68. The molecule has 0 aromatic heterocycles. The van der Waals surface area contributed by atoms with Crippen LogP contribution in [0.3, 0.4) is 0 Å². The summed E-state index contributed by atoms with van der Waals surface area (Å²) in [5.41, 5.74) is 2.84. The molecule has 29 heavy (non-hydrogen) atoms.